The highest BCUT2D eigenvalue weighted by Gasteiger charge is 2.17. The van der Waals surface area contributed by atoms with Crippen molar-refractivity contribution in [3.05, 3.63) is 12.7 Å². The average molecular weight is 184 g/mol. The predicted octanol–water partition coefficient (Wildman–Crippen LogP) is 2.79. The lowest BCUT2D eigenvalue weighted by atomic mass is 9.97. The van der Waals surface area contributed by atoms with E-state index >= 15 is 0 Å². The molecule has 0 bridgehead atoms. The third-order valence-corrected chi connectivity index (χ3v) is 1.88. The van der Waals surface area contributed by atoms with Crippen molar-refractivity contribution in [2.75, 3.05) is 0 Å². The molecule has 0 aliphatic heterocycles. The second-order valence-electron chi connectivity index (χ2n) is 4.05. The molecular weight excluding hydrogens is 164 g/mol. The van der Waals surface area contributed by atoms with Crippen LogP contribution in [-0.2, 0) is 9.53 Å². The second kappa shape index (κ2) is 5.79. The summed E-state index contributed by atoms with van der Waals surface area (Å²) in [6.45, 7) is 11.7. The molecule has 0 aliphatic carbocycles. The molecule has 2 heteroatoms. The highest BCUT2D eigenvalue weighted by molar-refractivity contribution is 5.81. The van der Waals surface area contributed by atoms with E-state index in [0.717, 1.165) is 6.42 Å². The summed E-state index contributed by atoms with van der Waals surface area (Å²) in [7, 11) is 0. The lowest BCUT2D eigenvalue weighted by Crippen LogP contribution is -2.24. The molecule has 13 heavy (non-hydrogen) atoms. The van der Waals surface area contributed by atoms with Gasteiger partial charge in [0.1, 0.15) is 6.10 Å². The number of hydrogen-bond acceptors (Lipinski definition) is 2. The molecular formula is C11H20O2. The van der Waals surface area contributed by atoms with Crippen LogP contribution >= 0.6 is 0 Å². The lowest BCUT2D eigenvalue weighted by Gasteiger charge is -2.22. The fourth-order valence-electron chi connectivity index (χ4n) is 1.12. The Kier molecular flexibility index (Phi) is 5.44. The zero-order valence-corrected chi connectivity index (χ0v) is 9.04. The van der Waals surface area contributed by atoms with Crippen LogP contribution in [0.3, 0.4) is 0 Å². The summed E-state index contributed by atoms with van der Waals surface area (Å²) in [6, 6.07) is 0. The molecule has 0 rings (SSSR count). The molecule has 2 nitrogen and oxygen atoms in total. The van der Waals surface area contributed by atoms with Gasteiger partial charge in [0.2, 0.25) is 0 Å². The maximum atomic E-state index is 11.0. The first-order chi connectivity index (χ1) is 5.97. The van der Waals surface area contributed by atoms with Gasteiger partial charge in [0.25, 0.3) is 0 Å². The normalized spacial score (nSPS) is 13.1. The van der Waals surface area contributed by atoms with Crippen molar-refractivity contribution in [3.63, 3.8) is 0 Å². The summed E-state index contributed by atoms with van der Waals surface area (Å²) in [6.07, 6.45) is 2.15. The van der Waals surface area contributed by atoms with Crippen LogP contribution in [-0.4, -0.2) is 12.1 Å². The quantitative estimate of drug-likeness (QED) is 0.485. The minimum atomic E-state index is -0.320. The Morgan fingerprint density at radius 3 is 2.23 bits per heavy atom. The van der Waals surface area contributed by atoms with E-state index in [4.69, 9.17) is 4.74 Å². The first-order valence-electron chi connectivity index (χ1n) is 4.80. The summed E-state index contributed by atoms with van der Waals surface area (Å²) >= 11 is 0. The Labute approximate surface area is 81.0 Å². The van der Waals surface area contributed by atoms with Crippen molar-refractivity contribution in [2.45, 2.75) is 40.2 Å². The number of esters is 1. The number of carbonyl (C=O) groups excluding carboxylic acids is 1. The van der Waals surface area contributed by atoms with Crippen molar-refractivity contribution in [1.82, 2.24) is 0 Å². The second-order valence-corrected chi connectivity index (χ2v) is 4.05. The molecule has 76 valence electrons. The van der Waals surface area contributed by atoms with Gasteiger partial charge < -0.3 is 4.74 Å². The molecule has 0 aliphatic rings. The molecule has 0 amide bonds. The van der Waals surface area contributed by atoms with Gasteiger partial charge in [-0.05, 0) is 18.3 Å². The van der Waals surface area contributed by atoms with Crippen molar-refractivity contribution in [2.24, 2.45) is 11.8 Å². The summed E-state index contributed by atoms with van der Waals surface area (Å²) < 4.78 is 5.21. The summed E-state index contributed by atoms with van der Waals surface area (Å²) in [5, 5.41) is 0. The molecule has 0 spiro atoms. The number of ether oxygens (including phenoxy) is 1. The molecule has 0 N–H and O–H groups in total. The van der Waals surface area contributed by atoms with Crippen LogP contribution in [0.1, 0.15) is 34.1 Å². The first-order valence-corrected chi connectivity index (χ1v) is 4.80. The van der Waals surface area contributed by atoms with Gasteiger partial charge in [-0.3, -0.25) is 0 Å². The van der Waals surface area contributed by atoms with Crippen molar-refractivity contribution >= 4 is 5.97 Å². The SMILES string of the molecule is C=CC(=O)OC(CC(C)C)C(C)C. The van der Waals surface area contributed by atoms with E-state index in [1.807, 2.05) is 0 Å². The van der Waals surface area contributed by atoms with E-state index in [0.29, 0.717) is 11.8 Å². The highest BCUT2D eigenvalue weighted by Crippen LogP contribution is 2.16. The molecule has 0 radical (unpaired) electrons. The Balaban J connectivity index is 4.09. The van der Waals surface area contributed by atoms with E-state index in [2.05, 4.69) is 34.3 Å². The molecule has 1 atom stereocenters. The van der Waals surface area contributed by atoms with Crippen molar-refractivity contribution in [1.29, 1.82) is 0 Å². The van der Waals surface area contributed by atoms with Crippen LogP contribution < -0.4 is 0 Å². The number of hydrogen-bond donors (Lipinski definition) is 0. The lowest BCUT2D eigenvalue weighted by molar-refractivity contribution is -0.145. The van der Waals surface area contributed by atoms with E-state index < -0.39 is 0 Å². The molecule has 0 aromatic rings. The molecule has 0 saturated carbocycles. The first kappa shape index (κ1) is 12.2. The smallest absolute Gasteiger partial charge is 0.330 e. The Morgan fingerprint density at radius 1 is 1.38 bits per heavy atom. The summed E-state index contributed by atoms with van der Waals surface area (Å²) in [5.74, 6) is 0.593. The Bertz CT molecular complexity index is 171. The third-order valence-electron chi connectivity index (χ3n) is 1.88. The van der Waals surface area contributed by atoms with Crippen LogP contribution in [0.5, 0.6) is 0 Å². The van der Waals surface area contributed by atoms with Crippen molar-refractivity contribution in [3.8, 4) is 0 Å². The molecule has 0 aromatic carbocycles. The zero-order valence-electron chi connectivity index (χ0n) is 9.04. The monoisotopic (exact) mass is 184 g/mol. The van der Waals surface area contributed by atoms with Gasteiger partial charge in [-0.1, -0.05) is 34.3 Å². The Morgan fingerprint density at radius 2 is 1.92 bits per heavy atom. The van der Waals surface area contributed by atoms with Crippen molar-refractivity contribution < 1.29 is 9.53 Å². The van der Waals surface area contributed by atoms with Crippen LogP contribution in [0.4, 0.5) is 0 Å². The maximum absolute atomic E-state index is 11.0. The predicted molar refractivity (Wildman–Crippen MR) is 54.4 cm³/mol. The third kappa shape index (κ3) is 5.45. The van der Waals surface area contributed by atoms with Gasteiger partial charge in [0.15, 0.2) is 0 Å². The fraction of sp³-hybridized carbons (Fsp3) is 0.727. The molecule has 1 unspecified atom stereocenters. The van der Waals surface area contributed by atoms with E-state index in [1.54, 1.807) is 0 Å². The van der Waals surface area contributed by atoms with Gasteiger partial charge in [0.05, 0.1) is 0 Å². The molecule has 0 heterocycles. The summed E-state index contributed by atoms with van der Waals surface area (Å²) in [4.78, 5) is 11.0. The number of carbonyl (C=O) groups is 1. The maximum Gasteiger partial charge on any atom is 0.330 e. The standard InChI is InChI=1S/C11H20O2/c1-6-11(12)13-10(9(4)5)7-8(2)3/h6,8-10H,1,7H2,2-5H3. The van der Waals surface area contributed by atoms with Crippen LogP contribution in [0.2, 0.25) is 0 Å². The van der Waals surface area contributed by atoms with Crippen LogP contribution in [0.15, 0.2) is 12.7 Å². The van der Waals surface area contributed by atoms with Gasteiger partial charge in [0, 0.05) is 6.08 Å². The Hall–Kier alpha value is -0.790. The molecule has 0 aromatic heterocycles. The van der Waals surface area contributed by atoms with Gasteiger partial charge >= 0.3 is 5.97 Å². The van der Waals surface area contributed by atoms with E-state index in [1.165, 1.54) is 6.08 Å². The van der Waals surface area contributed by atoms with Gasteiger partial charge in [-0.2, -0.15) is 0 Å². The van der Waals surface area contributed by atoms with E-state index in [-0.39, 0.29) is 12.1 Å². The summed E-state index contributed by atoms with van der Waals surface area (Å²) in [5.41, 5.74) is 0. The minimum absolute atomic E-state index is 0.0190. The average Bonchev–Trinajstić information content (AvgIpc) is 2.02. The fourth-order valence-corrected chi connectivity index (χ4v) is 1.12. The topological polar surface area (TPSA) is 26.3 Å². The van der Waals surface area contributed by atoms with Crippen LogP contribution in [0, 0.1) is 11.8 Å². The van der Waals surface area contributed by atoms with E-state index in [9.17, 15) is 4.79 Å². The minimum Gasteiger partial charge on any atom is -0.459 e. The van der Waals surface area contributed by atoms with Gasteiger partial charge in [-0.15, -0.1) is 0 Å². The molecule has 0 saturated heterocycles. The number of rotatable bonds is 5. The molecule has 0 fully saturated rings. The highest BCUT2D eigenvalue weighted by atomic mass is 16.5. The zero-order chi connectivity index (χ0) is 10.4. The van der Waals surface area contributed by atoms with Crippen LogP contribution in [0.25, 0.3) is 0 Å². The largest absolute Gasteiger partial charge is 0.459 e. The van der Waals surface area contributed by atoms with Gasteiger partial charge in [-0.25, -0.2) is 4.79 Å².